The van der Waals surface area contributed by atoms with E-state index in [0.717, 1.165) is 11.3 Å². The summed E-state index contributed by atoms with van der Waals surface area (Å²) in [5, 5.41) is 9.19. The van der Waals surface area contributed by atoms with Gasteiger partial charge in [-0.3, -0.25) is 4.90 Å². The summed E-state index contributed by atoms with van der Waals surface area (Å²) in [6.45, 7) is 2.38. The van der Waals surface area contributed by atoms with Gasteiger partial charge >= 0.3 is 6.09 Å². The third kappa shape index (κ3) is 2.56. The van der Waals surface area contributed by atoms with E-state index < -0.39 is 11.7 Å². The van der Waals surface area contributed by atoms with Crippen LogP contribution >= 0.6 is 0 Å². The van der Waals surface area contributed by atoms with Crippen LogP contribution in [0.4, 0.5) is 4.79 Å². The standard InChI is InChI=1S/C13H17NO4/c1-13(9-15)8-14(12(16)18-13)7-10-4-3-5-11(6-10)17-2/h3-6,15H,7-9H2,1-2H3. The fourth-order valence-corrected chi connectivity index (χ4v) is 1.97. The quantitative estimate of drug-likeness (QED) is 0.878. The molecule has 0 saturated carbocycles. The minimum Gasteiger partial charge on any atom is -0.497 e. The molecule has 18 heavy (non-hydrogen) atoms. The second-order valence-electron chi connectivity index (χ2n) is 4.68. The van der Waals surface area contributed by atoms with Crippen molar-refractivity contribution >= 4 is 6.09 Å². The molecule has 0 bridgehead atoms. The fourth-order valence-electron chi connectivity index (χ4n) is 1.97. The van der Waals surface area contributed by atoms with Crippen LogP contribution in [0.3, 0.4) is 0 Å². The Morgan fingerprint density at radius 3 is 2.94 bits per heavy atom. The number of carbonyl (C=O) groups excluding carboxylic acids is 1. The van der Waals surface area contributed by atoms with Gasteiger partial charge in [0, 0.05) is 6.54 Å². The third-order valence-electron chi connectivity index (χ3n) is 2.96. The highest BCUT2D eigenvalue weighted by Gasteiger charge is 2.40. The molecule has 0 radical (unpaired) electrons. The van der Waals surface area contributed by atoms with E-state index in [9.17, 15) is 9.90 Å². The van der Waals surface area contributed by atoms with Crippen LogP contribution in [0, 0.1) is 0 Å². The van der Waals surface area contributed by atoms with Crippen molar-refractivity contribution in [1.82, 2.24) is 4.90 Å². The Bertz CT molecular complexity index is 448. The number of carbonyl (C=O) groups is 1. The maximum atomic E-state index is 11.7. The largest absolute Gasteiger partial charge is 0.497 e. The van der Waals surface area contributed by atoms with Crippen LogP contribution in [0.1, 0.15) is 12.5 Å². The van der Waals surface area contributed by atoms with Crippen molar-refractivity contribution in [3.63, 3.8) is 0 Å². The van der Waals surface area contributed by atoms with Gasteiger partial charge < -0.3 is 14.6 Å². The number of aliphatic hydroxyl groups is 1. The molecule has 1 fully saturated rings. The van der Waals surface area contributed by atoms with E-state index in [1.165, 1.54) is 0 Å². The van der Waals surface area contributed by atoms with E-state index in [0.29, 0.717) is 13.1 Å². The summed E-state index contributed by atoms with van der Waals surface area (Å²) in [5.41, 5.74) is 0.171. The molecule has 5 nitrogen and oxygen atoms in total. The van der Waals surface area contributed by atoms with Gasteiger partial charge in [-0.25, -0.2) is 4.79 Å². The molecule has 1 atom stereocenters. The molecule has 1 aliphatic rings. The van der Waals surface area contributed by atoms with Crippen molar-refractivity contribution in [2.45, 2.75) is 19.1 Å². The molecule has 5 heteroatoms. The average molecular weight is 251 g/mol. The number of amides is 1. The van der Waals surface area contributed by atoms with Crippen molar-refractivity contribution in [2.75, 3.05) is 20.3 Å². The number of rotatable bonds is 4. The minimum absolute atomic E-state index is 0.173. The van der Waals surface area contributed by atoms with Crippen molar-refractivity contribution in [3.8, 4) is 5.75 Å². The highest BCUT2D eigenvalue weighted by Crippen LogP contribution is 2.24. The topological polar surface area (TPSA) is 59.0 Å². The molecule has 1 unspecified atom stereocenters. The van der Waals surface area contributed by atoms with E-state index in [4.69, 9.17) is 9.47 Å². The Hall–Kier alpha value is -1.75. The SMILES string of the molecule is COc1cccc(CN2CC(C)(CO)OC2=O)c1. The average Bonchev–Trinajstić information content (AvgIpc) is 2.65. The summed E-state index contributed by atoms with van der Waals surface area (Å²) < 4.78 is 10.3. The van der Waals surface area contributed by atoms with Gasteiger partial charge in [-0.1, -0.05) is 12.1 Å². The van der Waals surface area contributed by atoms with Gasteiger partial charge in [0.15, 0.2) is 5.60 Å². The van der Waals surface area contributed by atoms with Gasteiger partial charge in [0.05, 0.1) is 20.3 Å². The van der Waals surface area contributed by atoms with Crippen LogP contribution in [0.15, 0.2) is 24.3 Å². The first kappa shape index (κ1) is 12.7. The zero-order valence-corrected chi connectivity index (χ0v) is 10.5. The number of nitrogens with zero attached hydrogens (tertiary/aromatic N) is 1. The normalized spacial score (nSPS) is 23.1. The molecule has 1 heterocycles. The van der Waals surface area contributed by atoms with E-state index in [2.05, 4.69) is 0 Å². The van der Waals surface area contributed by atoms with E-state index in [1.807, 2.05) is 24.3 Å². The Morgan fingerprint density at radius 1 is 1.56 bits per heavy atom. The molecule has 0 spiro atoms. The molecule has 1 aliphatic heterocycles. The van der Waals surface area contributed by atoms with Gasteiger partial charge in [0.1, 0.15) is 5.75 Å². The molecule has 1 saturated heterocycles. The highest BCUT2D eigenvalue weighted by molar-refractivity contribution is 5.70. The van der Waals surface area contributed by atoms with Crippen LogP contribution < -0.4 is 4.74 Å². The lowest BCUT2D eigenvalue weighted by atomic mass is 10.1. The summed E-state index contributed by atoms with van der Waals surface area (Å²) in [6.07, 6.45) is -0.394. The number of cyclic esters (lactones) is 1. The minimum atomic E-state index is -0.796. The van der Waals surface area contributed by atoms with Crippen molar-refractivity contribution in [1.29, 1.82) is 0 Å². The van der Waals surface area contributed by atoms with Crippen molar-refractivity contribution < 1.29 is 19.4 Å². The summed E-state index contributed by atoms with van der Waals surface area (Å²) in [5.74, 6) is 0.755. The Kier molecular flexibility index (Phi) is 3.43. The first-order valence-electron chi connectivity index (χ1n) is 5.78. The summed E-state index contributed by atoms with van der Waals surface area (Å²) in [6, 6.07) is 7.52. The first-order chi connectivity index (χ1) is 8.56. The lowest BCUT2D eigenvalue weighted by Crippen LogP contribution is -2.34. The van der Waals surface area contributed by atoms with Crippen LogP contribution in [-0.4, -0.2) is 42.0 Å². The Labute approximate surface area is 106 Å². The molecular formula is C13H17NO4. The van der Waals surface area contributed by atoms with Crippen LogP contribution in [0.2, 0.25) is 0 Å². The van der Waals surface area contributed by atoms with Gasteiger partial charge in [-0.15, -0.1) is 0 Å². The second kappa shape index (κ2) is 4.86. The predicted molar refractivity (Wildman–Crippen MR) is 65.4 cm³/mol. The predicted octanol–water partition coefficient (Wildman–Crippen LogP) is 1.40. The Balaban J connectivity index is 2.08. The van der Waals surface area contributed by atoms with E-state index >= 15 is 0 Å². The van der Waals surface area contributed by atoms with Crippen molar-refractivity contribution in [3.05, 3.63) is 29.8 Å². The van der Waals surface area contributed by atoms with Gasteiger partial charge in [0.2, 0.25) is 0 Å². The molecule has 0 aliphatic carbocycles. The number of hydrogen-bond donors (Lipinski definition) is 1. The molecule has 0 aromatic heterocycles. The smallest absolute Gasteiger partial charge is 0.410 e. The van der Waals surface area contributed by atoms with Crippen LogP contribution in [-0.2, 0) is 11.3 Å². The van der Waals surface area contributed by atoms with Crippen LogP contribution in [0.25, 0.3) is 0 Å². The summed E-state index contributed by atoms with van der Waals surface area (Å²) >= 11 is 0. The lowest BCUT2D eigenvalue weighted by molar-refractivity contribution is 0.0219. The highest BCUT2D eigenvalue weighted by atomic mass is 16.6. The first-order valence-corrected chi connectivity index (χ1v) is 5.78. The monoisotopic (exact) mass is 251 g/mol. The fraction of sp³-hybridized carbons (Fsp3) is 0.462. The molecule has 1 N–H and O–H groups in total. The van der Waals surface area contributed by atoms with E-state index in [-0.39, 0.29) is 6.61 Å². The summed E-state index contributed by atoms with van der Waals surface area (Å²) in [7, 11) is 1.60. The lowest BCUT2D eigenvalue weighted by Gasteiger charge is -2.18. The van der Waals surface area contributed by atoms with E-state index in [1.54, 1.807) is 18.9 Å². The summed E-state index contributed by atoms with van der Waals surface area (Å²) in [4.78, 5) is 13.2. The molecule has 2 rings (SSSR count). The molecule has 1 amide bonds. The maximum absolute atomic E-state index is 11.7. The molecule has 1 aromatic carbocycles. The maximum Gasteiger partial charge on any atom is 0.410 e. The van der Waals surface area contributed by atoms with Crippen molar-refractivity contribution in [2.24, 2.45) is 0 Å². The van der Waals surface area contributed by atoms with Gasteiger partial charge in [0.25, 0.3) is 0 Å². The number of ether oxygens (including phenoxy) is 2. The molecule has 1 aromatic rings. The molecule has 98 valence electrons. The Morgan fingerprint density at radius 2 is 2.33 bits per heavy atom. The van der Waals surface area contributed by atoms with Crippen LogP contribution in [0.5, 0.6) is 5.75 Å². The molecular weight excluding hydrogens is 234 g/mol. The van der Waals surface area contributed by atoms with Gasteiger partial charge in [-0.05, 0) is 24.6 Å². The number of hydrogen-bond acceptors (Lipinski definition) is 4. The number of methoxy groups -OCH3 is 1. The number of aliphatic hydroxyl groups excluding tert-OH is 1. The third-order valence-corrected chi connectivity index (χ3v) is 2.96. The zero-order valence-electron chi connectivity index (χ0n) is 10.5. The second-order valence-corrected chi connectivity index (χ2v) is 4.68. The van der Waals surface area contributed by atoms with Gasteiger partial charge in [-0.2, -0.15) is 0 Å². The zero-order chi connectivity index (χ0) is 13.2. The number of benzene rings is 1.